The van der Waals surface area contributed by atoms with Crippen LogP contribution < -0.4 is 10.0 Å². The van der Waals surface area contributed by atoms with Gasteiger partial charge in [-0.05, 0) is 39.7 Å². The highest BCUT2D eigenvalue weighted by atomic mass is 32.2. The molecular formula is C11H20N4O2S. The molecule has 1 aliphatic carbocycles. The zero-order chi connectivity index (χ0) is 13.4. The molecule has 102 valence electrons. The van der Waals surface area contributed by atoms with Gasteiger partial charge in [0.05, 0.1) is 6.20 Å². The number of nitrogens with one attached hydrogen (secondary N) is 3. The molecule has 6 nitrogen and oxygen atoms in total. The molecule has 0 amide bonds. The highest BCUT2D eigenvalue weighted by Crippen LogP contribution is 2.39. The maximum Gasteiger partial charge on any atom is 0.258 e. The van der Waals surface area contributed by atoms with Crippen LogP contribution in [-0.2, 0) is 16.6 Å². The Kier molecular flexibility index (Phi) is 3.48. The average molecular weight is 272 g/mol. The number of rotatable bonds is 6. The zero-order valence-electron chi connectivity index (χ0n) is 10.9. The molecule has 0 radical (unpaired) electrons. The summed E-state index contributed by atoms with van der Waals surface area (Å²) in [6, 6.07) is 0. The van der Waals surface area contributed by atoms with Crippen molar-refractivity contribution >= 4 is 10.0 Å². The van der Waals surface area contributed by atoms with Crippen molar-refractivity contribution in [2.45, 2.75) is 43.8 Å². The number of nitrogens with zero attached hydrogens (tertiary/aromatic N) is 1. The summed E-state index contributed by atoms with van der Waals surface area (Å²) in [5.41, 5.74) is 0.248. The minimum absolute atomic E-state index is 0.158. The molecule has 3 N–H and O–H groups in total. The first-order valence-corrected chi connectivity index (χ1v) is 7.56. The molecule has 1 aliphatic rings. The van der Waals surface area contributed by atoms with E-state index in [9.17, 15) is 8.42 Å². The highest BCUT2D eigenvalue weighted by molar-refractivity contribution is 7.89. The van der Waals surface area contributed by atoms with Gasteiger partial charge in [-0.1, -0.05) is 0 Å². The van der Waals surface area contributed by atoms with Crippen molar-refractivity contribution in [2.24, 2.45) is 5.92 Å². The van der Waals surface area contributed by atoms with Gasteiger partial charge in [-0.2, -0.15) is 5.10 Å². The summed E-state index contributed by atoms with van der Waals surface area (Å²) in [5.74, 6) is 0.433. The van der Waals surface area contributed by atoms with E-state index >= 15 is 0 Å². The third kappa shape index (κ3) is 2.73. The Bertz CT molecular complexity index is 517. The van der Waals surface area contributed by atoms with E-state index in [1.54, 1.807) is 7.05 Å². The van der Waals surface area contributed by atoms with Gasteiger partial charge in [-0.3, -0.25) is 5.10 Å². The summed E-state index contributed by atoms with van der Waals surface area (Å²) in [6.45, 7) is 4.32. The van der Waals surface area contributed by atoms with Crippen LogP contribution in [0.5, 0.6) is 0 Å². The molecule has 1 heterocycles. The Morgan fingerprint density at radius 2 is 2.17 bits per heavy atom. The van der Waals surface area contributed by atoms with Gasteiger partial charge >= 0.3 is 0 Å². The molecule has 1 aromatic rings. The van der Waals surface area contributed by atoms with Crippen LogP contribution in [0.1, 0.15) is 32.3 Å². The van der Waals surface area contributed by atoms with E-state index in [0.29, 0.717) is 18.0 Å². The largest absolute Gasteiger partial charge is 0.316 e. The van der Waals surface area contributed by atoms with E-state index in [-0.39, 0.29) is 5.03 Å². The lowest BCUT2D eigenvalue weighted by molar-refractivity contribution is 0.399. The molecule has 1 saturated carbocycles. The van der Waals surface area contributed by atoms with Gasteiger partial charge in [0.1, 0.15) is 0 Å². The van der Waals surface area contributed by atoms with Gasteiger partial charge in [-0.15, -0.1) is 0 Å². The smallest absolute Gasteiger partial charge is 0.258 e. The monoisotopic (exact) mass is 272 g/mol. The first-order chi connectivity index (χ1) is 8.37. The number of hydrogen-bond donors (Lipinski definition) is 3. The van der Waals surface area contributed by atoms with Crippen LogP contribution in [0.4, 0.5) is 0 Å². The lowest BCUT2D eigenvalue weighted by Gasteiger charge is -2.25. The Labute approximate surface area is 108 Å². The standard InChI is InChI=1S/C11H20N4O2S/c1-11(2,9-4-5-9)15-18(16,17)10-8(6-12-3)7-13-14-10/h7,9,12,15H,4-6H2,1-3H3,(H,13,14). The predicted molar refractivity (Wildman–Crippen MR) is 68.5 cm³/mol. The lowest BCUT2D eigenvalue weighted by Crippen LogP contribution is -2.45. The van der Waals surface area contributed by atoms with Crippen molar-refractivity contribution in [1.82, 2.24) is 20.2 Å². The second-order valence-electron chi connectivity index (χ2n) is 5.36. The maximum absolute atomic E-state index is 12.3. The first kappa shape index (κ1) is 13.5. The van der Waals surface area contributed by atoms with Crippen molar-refractivity contribution in [3.8, 4) is 0 Å². The quantitative estimate of drug-likeness (QED) is 0.707. The van der Waals surface area contributed by atoms with Crippen molar-refractivity contribution < 1.29 is 8.42 Å². The van der Waals surface area contributed by atoms with E-state index in [2.05, 4.69) is 20.2 Å². The molecule has 0 aromatic carbocycles. The molecule has 1 aromatic heterocycles. The van der Waals surface area contributed by atoms with Crippen LogP contribution in [0.15, 0.2) is 11.2 Å². The number of aromatic nitrogens is 2. The van der Waals surface area contributed by atoms with Crippen LogP contribution >= 0.6 is 0 Å². The fourth-order valence-corrected chi connectivity index (χ4v) is 3.74. The van der Waals surface area contributed by atoms with E-state index in [4.69, 9.17) is 0 Å². The normalized spacial score (nSPS) is 17.1. The van der Waals surface area contributed by atoms with Crippen LogP contribution in [-0.4, -0.2) is 31.2 Å². The van der Waals surface area contributed by atoms with Gasteiger partial charge in [-0.25, -0.2) is 13.1 Å². The number of aromatic amines is 1. The molecule has 0 bridgehead atoms. The van der Waals surface area contributed by atoms with Crippen molar-refractivity contribution in [1.29, 1.82) is 0 Å². The van der Waals surface area contributed by atoms with Crippen LogP contribution in [0.2, 0.25) is 0 Å². The average Bonchev–Trinajstić information content (AvgIpc) is 2.99. The summed E-state index contributed by atoms with van der Waals surface area (Å²) in [6.07, 6.45) is 3.71. The van der Waals surface area contributed by atoms with Gasteiger partial charge < -0.3 is 5.32 Å². The number of sulfonamides is 1. The van der Waals surface area contributed by atoms with Crippen molar-refractivity contribution in [3.63, 3.8) is 0 Å². The first-order valence-electron chi connectivity index (χ1n) is 6.07. The summed E-state index contributed by atoms with van der Waals surface area (Å²) < 4.78 is 27.4. The summed E-state index contributed by atoms with van der Waals surface area (Å²) in [4.78, 5) is 0. The fourth-order valence-electron chi connectivity index (χ4n) is 2.13. The Balaban J connectivity index is 2.22. The Morgan fingerprint density at radius 3 is 2.72 bits per heavy atom. The van der Waals surface area contributed by atoms with Gasteiger partial charge in [0.15, 0.2) is 5.03 Å². The summed E-state index contributed by atoms with van der Waals surface area (Å²) in [5, 5.41) is 9.47. The molecule has 1 fully saturated rings. The molecule has 0 atom stereocenters. The SMILES string of the molecule is CNCc1cn[nH]c1S(=O)(=O)NC(C)(C)C1CC1. The molecule has 0 saturated heterocycles. The molecular weight excluding hydrogens is 252 g/mol. The van der Waals surface area contributed by atoms with Gasteiger partial charge in [0.25, 0.3) is 10.0 Å². The topological polar surface area (TPSA) is 86.9 Å². The van der Waals surface area contributed by atoms with E-state index in [0.717, 1.165) is 12.8 Å². The summed E-state index contributed by atoms with van der Waals surface area (Å²) >= 11 is 0. The number of H-pyrrole nitrogens is 1. The lowest BCUT2D eigenvalue weighted by atomic mass is 10.0. The van der Waals surface area contributed by atoms with Crippen LogP contribution in [0, 0.1) is 5.92 Å². The third-order valence-electron chi connectivity index (χ3n) is 3.31. The Hall–Kier alpha value is -0.920. The molecule has 0 aliphatic heterocycles. The van der Waals surface area contributed by atoms with Crippen molar-refractivity contribution in [3.05, 3.63) is 11.8 Å². The van der Waals surface area contributed by atoms with Gasteiger partial charge in [0.2, 0.25) is 0 Å². The molecule has 18 heavy (non-hydrogen) atoms. The molecule has 7 heteroatoms. The highest BCUT2D eigenvalue weighted by Gasteiger charge is 2.41. The molecule has 0 unspecified atom stereocenters. The fraction of sp³-hybridized carbons (Fsp3) is 0.727. The van der Waals surface area contributed by atoms with E-state index < -0.39 is 15.6 Å². The molecule has 2 rings (SSSR count). The van der Waals surface area contributed by atoms with Crippen LogP contribution in [0.25, 0.3) is 0 Å². The molecule has 0 spiro atoms. The summed E-state index contributed by atoms with van der Waals surface area (Å²) in [7, 11) is -1.77. The minimum atomic E-state index is -3.54. The van der Waals surface area contributed by atoms with Gasteiger partial charge in [0, 0.05) is 17.6 Å². The second-order valence-corrected chi connectivity index (χ2v) is 6.98. The second kappa shape index (κ2) is 4.64. The van der Waals surface area contributed by atoms with E-state index in [1.165, 1.54) is 6.20 Å². The minimum Gasteiger partial charge on any atom is -0.316 e. The Morgan fingerprint density at radius 1 is 1.50 bits per heavy atom. The number of hydrogen-bond acceptors (Lipinski definition) is 4. The van der Waals surface area contributed by atoms with E-state index in [1.807, 2.05) is 13.8 Å². The van der Waals surface area contributed by atoms with Crippen molar-refractivity contribution in [2.75, 3.05) is 7.05 Å². The maximum atomic E-state index is 12.3. The third-order valence-corrected chi connectivity index (χ3v) is 5.00. The van der Waals surface area contributed by atoms with Crippen LogP contribution in [0.3, 0.4) is 0 Å². The zero-order valence-corrected chi connectivity index (χ0v) is 11.8. The predicted octanol–water partition coefficient (Wildman–Crippen LogP) is 0.596.